The molecule has 1 heterocycles. The molecule has 0 aliphatic rings. The van der Waals surface area contributed by atoms with Gasteiger partial charge in [-0.05, 0) is 18.3 Å². The molecule has 50 valence electrons. The van der Waals surface area contributed by atoms with Crippen LogP contribution >= 0.6 is 12.2 Å². The highest BCUT2D eigenvalue weighted by molar-refractivity contribution is 7.78. The first-order chi connectivity index (χ1) is 4.93. The highest BCUT2D eigenvalue weighted by atomic mass is 32.1. The van der Waals surface area contributed by atoms with Crippen LogP contribution in [-0.4, -0.2) is 15.1 Å². The van der Waals surface area contributed by atoms with E-state index < -0.39 is 0 Å². The first-order valence-electron chi connectivity index (χ1n) is 2.72. The normalized spacial score (nSPS) is 8.40. The Bertz CT molecular complexity index is 240. The fourth-order valence-electron chi connectivity index (χ4n) is 0.525. The van der Waals surface area contributed by atoms with Gasteiger partial charge in [0, 0.05) is 6.20 Å². The summed E-state index contributed by atoms with van der Waals surface area (Å²) in [6, 6.07) is 1.79. The summed E-state index contributed by atoms with van der Waals surface area (Å²) >= 11 is 4.39. The van der Waals surface area contributed by atoms with Crippen molar-refractivity contribution in [2.24, 2.45) is 4.99 Å². The van der Waals surface area contributed by atoms with Crippen molar-refractivity contribution in [1.82, 2.24) is 9.97 Å². The van der Waals surface area contributed by atoms with E-state index in [2.05, 4.69) is 32.3 Å². The van der Waals surface area contributed by atoms with Gasteiger partial charge in [-0.2, -0.15) is 0 Å². The number of hydrogen-bond acceptors (Lipinski definition) is 4. The van der Waals surface area contributed by atoms with Gasteiger partial charge in [-0.1, -0.05) is 0 Å². The van der Waals surface area contributed by atoms with E-state index in [-0.39, 0.29) is 0 Å². The summed E-state index contributed by atoms with van der Waals surface area (Å²) in [6.45, 7) is 0.492. The van der Waals surface area contributed by atoms with Crippen LogP contribution in [-0.2, 0) is 6.54 Å². The summed E-state index contributed by atoms with van der Waals surface area (Å²) < 4.78 is 0. The molecule has 3 nitrogen and oxygen atoms in total. The summed E-state index contributed by atoms with van der Waals surface area (Å²) in [7, 11) is 0. The molecule has 1 rings (SSSR count). The molecule has 0 aliphatic carbocycles. The van der Waals surface area contributed by atoms with Crippen LogP contribution in [0.2, 0.25) is 0 Å². The predicted molar refractivity (Wildman–Crippen MR) is 40.8 cm³/mol. The second-order valence-corrected chi connectivity index (χ2v) is 1.79. The molecule has 0 radical (unpaired) electrons. The van der Waals surface area contributed by atoms with E-state index in [0.717, 1.165) is 5.69 Å². The summed E-state index contributed by atoms with van der Waals surface area (Å²) in [5, 5.41) is 2.26. The van der Waals surface area contributed by atoms with E-state index in [1.807, 2.05) is 0 Å². The third kappa shape index (κ3) is 2.01. The van der Waals surface area contributed by atoms with Gasteiger partial charge >= 0.3 is 0 Å². The molecule has 0 amide bonds. The van der Waals surface area contributed by atoms with Crippen molar-refractivity contribution >= 4 is 17.4 Å². The SMILES string of the molecule is S=C=NCc1ccncn1. The molecule has 0 fully saturated rings. The van der Waals surface area contributed by atoms with E-state index in [1.54, 1.807) is 12.3 Å². The lowest BCUT2D eigenvalue weighted by atomic mass is 10.4. The third-order valence-corrected chi connectivity index (χ3v) is 1.08. The zero-order chi connectivity index (χ0) is 7.23. The average molecular weight is 151 g/mol. The van der Waals surface area contributed by atoms with E-state index in [9.17, 15) is 0 Å². The van der Waals surface area contributed by atoms with Gasteiger partial charge in [0.1, 0.15) is 6.33 Å². The zero-order valence-electron chi connectivity index (χ0n) is 5.19. The summed E-state index contributed by atoms with van der Waals surface area (Å²) in [5.74, 6) is 0. The van der Waals surface area contributed by atoms with E-state index in [0.29, 0.717) is 6.54 Å². The van der Waals surface area contributed by atoms with Crippen molar-refractivity contribution in [1.29, 1.82) is 0 Å². The average Bonchev–Trinajstić information content (AvgIpc) is 2.03. The van der Waals surface area contributed by atoms with Crippen molar-refractivity contribution < 1.29 is 0 Å². The third-order valence-electron chi connectivity index (χ3n) is 0.949. The van der Waals surface area contributed by atoms with Crippen LogP contribution in [0.1, 0.15) is 5.69 Å². The molecule has 0 saturated heterocycles. The molecule has 0 atom stereocenters. The Kier molecular flexibility index (Phi) is 2.67. The molecule has 0 spiro atoms. The van der Waals surface area contributed by atoms with Gasteiger partial charge in [-0.15, -0.1) is 0 Å². The van der Waals surface area contributed by atoms with Gasteiger partial charge in [0.05, 0.1) is 17.4 Å². The summed E-state index contributed by atoms with van der Waals surface area (Å²) in [4.78, 5) is 11.4. The van der Waals surface area contributed by atoms with Crippen LogP contribution in [0.4, 0.5) is 0 Å². The highest BCUT2D eigenvalue weighted by Crippen LogP contribution is 1.91. The van der Waals surface area contributed by atoms with Gasteiger partial charge in [-0.25, -0.2) is 15.0 Å². The van der Waals surface area contributed by atoms with Gasteiger partial charge in [0.15, 0.2) is 0 Å². The minimum atomic E-state index is 0.492. The maximum absolute atomic E-state index is 4.39. The molecule has 0 bridgehead atoms. The molecule has 0 unspecified atom stereocenters. The maximum atomic E-state index is 4.39. The second-order valence-electron chi connectivity index (χ2n) is 1.61. The van der Waals surface area contributed by atoms with Gasteiger partial charge in [0.2, 0.25) is 0 Å². The van der Waals surface area contributed by atoms with Crippen molar-refractivity contribution in [2.45, 2.75) is 6.54 Å². The fourth-order valence-corrected chi connectivity index (χ4v) is 0.589. The number of aromatic nitrogens is 2. The van der Waals surface area contributed by atoms with Crippen LogP contribution in [0.3, 0.4) is 0 Å². The largest absolute Gasteiger partial charge is 0.245 e. The molecule has 10 heavy (non-hydrogen) atoms. The summed E-state index contributed by atoms with van der Waals surface area (Å²) in [6.07, 6.45) is 3.15. The molecule has 0 N–H and O–H groups in total. The Hall–Kier alpha value is -1.12. The van der Waals surface area contributed by atoms with Crippen LogP contribution in [0.25, 0.3) is 0 Å². The molecular formula is C6H5N3S. The van der Waals surface area contributed by atoms with Crippen LogP contribution in [0.5, 0.6) is 0 Å². The van der Waals surface area contributed by atoms with Gasteiger partial charge < -0.3 is 0 Å². The monoisotopic (exact) mass is 151 g/mol. The quantitative estimate of drug-likeness (QED) is 0.469. The second kappa shape index (κ2) is 3.82. The lowest BCUT2D eigenvalue weighted by Crippen LogP contribution is -1.85. The zero-order valence-corrected chi connectivity index (χ0v) is 6.01. The first-order valence-corrected chi connectivity index (χ1v) is 3.13. The number of nitrogens with zero attached hydrogens (tertiary/aromatic N) is 3. The Morgan fingerprint density at radius 1 is 1.70 bits per heavy atom. The Morgan fingerprint density at radius 2 is 2.60 bits per heavy atom. The Morgan fingerprint density at radius 3 is 3.20 bits per heavy atom. The van der Waals surface area contributed by atoms with Gasteiger partial charge in [-0.3, -0.25) is 0 Å². The molecule has 1 aromatic rings. The predicted octanol–water partition coefficient (Wildman–Crippen LogP) is 1.08. The van der Waals surface area contributed by atoms with E-state index >= 15 is 0 Å². The van der Waals surface area contributed by atoms with Crippen molar-refractivity contribution in [3.8, 4) is 0 Å². The molecule has 4 heteroatoms. The first kappa shape index (κ1) is 6.99. The number of thiocarbonyl (C=S) groups is 1. The minimum absolute atomic E-state index is 0.492. The van der Waals surface area contributed by atoms with Crippen LogP contribution in [0.15, 0.2) is 23.6 Å². The van der Waals surface area contributed by atoms with Crippen LogP contribution in [0, 0.1) is 0 Å². The highest BCUT2D eigenvalue weighted by Gasteiger charge is 1.86. The molecular weight excluding hydrogens is 146 g/mol. The minimum Gasteiger partial charge on any atom is -0.245 e. The van der Waals surface area contributed by atoms with Crippen molar-refractivity contribution in [2.75, 3.05) is 0 Å². The summed E-state index contributed by atoms with van der Waals surface area (Å²) in [5.41, 5.74) is 0.854. The molecule has 0 aliphatic heterocycles. The topological polar surface area (TPSA) is 38.1 Å². The van der Waals surface area contributed by atoms with E-state index in [4.69, 9.17) is 0 Å². The van der Waals surface area contributed by atoms with Crippen LogP contribution < -0.4 is 0 Å². The van der Waals surface area contributed by atoms with Crippen molar-refractivity contribution in [3.05, 3.63) is 24.3 Å². The number of isothiocyanates is 1. The number of aliphatic imine (C=N–C) groups is 1. The number of hydrogen-bond donors (Lipinski definition) is 0. The molecule has 1 aromatic heterocycles. The lowest BCUT2D eigenvalue weighted by Gasteiger charge is -1.88. The van der Waals surface area contributed by atoms with Crippen molar-refractivity contribution in [3.63, 3.8) is 0 Å². The Balaban J connectivity index is 2.67. The lowest BCUT2D eigenvalue weighted by molar-refractivity contribution is 0.970. The fraction of sp³-hybridized carbons (Fsp3) is 0.167. The standard InChI is InChI=1S/C6H5N3S/c10-5-8-3-6-1-2-7-4-9-6/h1-2,4H,3H2. The van der Waals surface area contributed by atoms with Gasteiger partial charge in [0.25, 0.3) is 0 Å². The number of rotatable bonds is 2. The Labute approximate surface area is 63.9 Å². The molecule has 0 aromatic carbocycles. The maximum Gasteiger partial charge on any atom is 0.115 e. The molecule has 0 saturated carbocycles. The van der Waals surface area contributed by atoms with E-state index in [1.165, 1.54) is 6.33 Å². The smallest absolute Gasteiger partial charge is 0.115 e.